The van der Waals surface area contributed by atoms with Gasteiger partial charge < -0.3 is 19.6 Å². The molecule has 0 aromatic heterocycles. The molecular weight excluding hydrogens is 610 g/mol. The zero-order chi connectivity index (χ0) is 32.8. The molecule has 46 heavy (non-hydrogen) atoms. The van der Waals surface area contributed by atoms with E-state index in [2.05, 4.69) is 10.6 Å². The highest BCUT2D eigenvalue weighted by Crippen LogP contribution is 2.20. The van der Waals surface area contributed by atoms with Crippen LogP contribution in [0.1, 0.15) is 29.5 Å². The Labute approximate surface area is 267 Å². The first-order chi connectivity index (χ1) is 22.2. The van der Waals surface area contributed by atoms with Crippen molar-refractivity contribution in [3.63, 3.8) is 0 Å². The van der Waals surface area contributed by atoms with Gasteiger partial charge in [-0.3, -0.25) is 14.9 Å². The number of hydrogen-bond donors (Lipinski definition) is 2. The van der Waals surface area contributed by atoms with Crippen molar-refractivity contribution in [1.29, 1.82) is 0 Å². The van der Waals surface area contributed by atoms with Crippen molar-refractivity contribution in [1.82, 2.24) is 10.6 Å². The summed E-state index contributed by atoms with van der Waals surface area (Å²) in [6.07, 6.45) is 0.411. The zero-order valence-corrected chi connectivity index (χ0v) is 25.8. The molecule has 0 fully saturated rings. The number of nitro benzene ring substituents is 1. The van der Waals surface area contributed by atoms with E-state index in [9.17, 15) is 28.1 Å². The summed E-state index contributed by atoms with van der Waals surface area (Å²) in [6.45, 7) is 0.0265. The van der Waals surface area contributed by atoms with Gasteiger partial charge in [0.25, 0.3) is 5.69 Å². The summed E-state index contributed by atoms with van der Waals surface area (Å²) >= 11 is 0. The van der Waals surface area contributed by atoms with Gasteiger partial charge in [-0.05, 0) is 48.1 Å². The van der Waals surface area contributed by atoms with E-state index in [1.165, 1.54) is 12.1 Å². The summed E-state index contributed by atoms with van der Waals surface area (Å²) < 4.78 is 36.2. The number of hydrogen-bond acceptors (Lipinski definition) is 8. The number of amides is 2. The van der Waals surface area contributed by atoms with Gasteiger partial charge in [0, 0.05) is 24.6 Å². The molecule has 4 rings (SSSR count). The SMILES string of the molecule is O=C(N[C@@H](Cc1ccccc1)C(=O)NC(CCc1ccccc1)CCS(=O)(=O)Oc1ccc([N+](=O)[O-])cc1)OCc1ccccc1. The lowest BCUT2D eigenvalue weighted by atomic mass is 10.0. The second-order valence-corrected chi connectivity index (χ2v) is 12.3. The summed E-state index contributed by atoms with van der Waals surface area (Å²) in [5, 5.41) is 16.5. The largest absolute Gasteiger partial charge is 0.445 e. The smallest absolute Gasteiger partial charge is 0.408 e. The molecule has 0 saturated heterocycles. The third-order valence-corrected chi connectivity index (χ3v) is 8.24. The molecular formula is C34H35N3O8S. The van der Waals surface area contributed by atoms with E-state index in [0.717, 1.165) is 28.8 Å². The van der Waals surface area contributed by atoms with Crippen LogP contribution in [0, 0.1) is 10.1 Å². The molecule has 0 bridgehead atoms. The molecule has 11 nitrogen and oxygen atoms in total. The van der Waals surface area contributed by atoms with Crippen molar-refractivity contribution in [2.24, 2.45) is 0 Å². The van der Waals surface area contributed by atoms with Crippen molar-refractivity contribution in [2.45, 2.75) is 44.4 Å². The van der Waals surface area contributed by atoms with Gasteiger partial charge >= 0.3 is 16.2 Å². The van der Waals surface area contributed by atoms with Crippen molar-refractivity contribution in [3.8, 4) is 5.75 Å². The number of nitro groups is 1. The lowest BCUT2D eigenvalue weighted by molar-refractivity contribution is -0.384. The van der Waals surface area contributed by atoms with E-state index >= 15 is 0 Å². The molecule has 0 heterocycles. The van der Waals surface area contributed by atoms with E-state index in [1.807, 2.05) is 91.0 Å². The third kappa shape index (κ3) is 11.4. The average molecular weight is 646 g/mol. The van der Waals surface area contributed by atoms with E-state index in [0.29, 0.717) is 12.8 Å². The number of non-ortho nitro benzene ring substituents is 1. The first-order valence-corrected chi connectivity index (χ1v) is 16.3. The van der Waals surface area contributed by atoms with Crippen molar-refractivity contribution in [3.05, 3.63) is 142 Å². The van der Waals surface area contributed by atoms with Gasteiger partial charge in [-0.25, -0.2) is 4.79 Å². The highest BCUT2D eigenvalue weighted by atomic mass is 32.2. The molecule has 0 aliphatic rings. The molecule has 0 saturated carbocycles. The monoisotopic (exact) mass is 645 g/mol. The van der Waals surface area contributed by atoms with E-state index < -0.39 is 44.9 Å². The molecule has 12 heteroatoms. The fourth-order valence-corrected chi connectivity index (χ4v) is 5.70. The molecule has 0 radical (unpaired) electrons. The summed E-state index contributed by atoms with van der Waals surface area (Å²) in [4.78, 5) is 36.7. The van der Waals surface area contributed by atoms with Crippen LogP contribution < -0.4 is 14.8 Å². The first kappa shape index (κ1) is 33.7. The minimum absolute atomic E-state index is 0.0183. The van der Waals surface area contributed by atoms with E-state index in [1.54, 1.807) is 0 Å². The zero-order valence-electron chi connectivity index (χ0n) is 25.0. The Morgan fingerprint density at radius 1 is 0.739 bits per heavy atom. The Kier molecular flexibility index (Phi) is 12.2. The second kappa shape index (κ2) is 16.7. The number of nitrogens with one attached hydrogen (secondary N) is 2. The predicted octanol–water partition coefficient (Wildman–Crippen LogP) is 5.35. The number of aryl methyl sites for hydroxylation is 1. The fraction of sp³-hybridized carbons (Fsp3) is 0.235. The van der Waals surface area contributed by atoms with Gasteiger partial charge in [0.1, 0.15) is 18.4 Å². The van der Waals surface area contributed by atoms with Gasteiger partial charge in [-0.1, -0.05) is 91.0 Å². The summed E-state index contributed by atoms with van der Waals surface area (Å²) in [5.74, 6) is -0.983. The quantitative estimate of drug-likeness (QED) is 0.0940. The Bertz CT molecular complexity index is 1670. The fourth-order valence-electron chi connectivity index (χ4n) is 4.64. The van der Waals surface area contributed by atoms with Crippen LogP contribution in [-0.2, 0) is 39.1 Å². The Hall–Kier alpha value is -5.23. The number of ether oxygens (including phenoxy) is 1. The van der Waals surface area contributed by atoms with Crippen LogP contribution in [0.5, 0.6) is 5.75 Å². The van der Waals surface area contributed by atoms with Gasteiger partial charge in [0.2, 0.25) is 5.91 Å². The predicted molar refractivity (Wildman–Crippen MR) is 173 cm³/mol. The number of nitrogens with zero attached hydrogens (tertiary/aromatic N) is 1. The molecule has 4 aromatic rings. The van der Waals surface area contributed by atoms with Gasteiger partial charge in [-0.15, -0.1) is 0 Å². The highest BCUT2D eigenvalue weighted by Gasteiger charge is 2.26. The molecule has 2 atom stereocenters. The lowest BCUT2D eigenvalue weighted by Crippen LogP contribution is -2.51. The number of rotatable bonds is 16. The van der Waals surface area contributed by atoms with Crippen LogP contribution in [0.15, 0.2) is 115 Å². The summed E-state index contributed by atoms with van der Waals surface area (Å²) in [7, 11) is -4.11. The number of carbonyl (C=O) groups excluding carboxylic acids is 2. The van der Waals surface area contributed by atoms with Crippen molar-refractivity contribution < 1.29 is 31.9 Å². The molecule has 4 aromatic carbocycles. The third-order valence-electron chi connectivity index (χ3n) is 7.06. The van der Waals surface area contributed by atoms with Crippen molar-refractivity contribution >= 4 is 27.8 Å². The van der Waals surface area contributed by atoms with E-state index in [4.69, 9.17) is 8.92 Å². The van der Waals surface area contributed by atoms with Crippen LogP contribution in [0.4, 0.5) is 10.5 Å². The highest BCUT2D eigenvalue weighted by molar-refractivity contribution is 7.87. The van der Waals surface area contributed by atoms with Gasteiger partial charge in [0.05, 0.1) is 10.7 Å². The maximum atomic E-state index is 13.7. The Morgan fingerprint density at radius 2 is 1.30 bits per heavy atom. The molecule has 0 spiro atoms. The summed E-state index contributed by atoms with van der Waals surface area (Å²) in [6, 6.07) is 31.0. The second-order valence-electron chi connectivity index (χ2n) is 10.6. The lowest BCUT2D eigenvalue weighted by Gasteiger charge is -2.24. The van der Waals surface area contributed by atoms with Crippen LogP contribution >= 0.6 is 0 Å². The van der Waals surface area contributed by atoms with Crippen molar-refractivity contribution in [2.75, 3.05) is 5.75 Å². The van der Waals surface area contributed by atoms with Crippen LogP contribution in [0.3, 0.4) is 0 Å². The normalized spacial score (nSPS) is 12.3. The Morgan fingerprint density at radius 3 is 1.89 bits per heavy atom. The minimum Gasteiger partial charge on any atom is -0.445 e. The summed E-state index contributed by atoms with van der Waals surface area (Å²) in [5.41, 5.74) is 2.41. The van der Waals surface area contributed by atoms with Gasteiger partial charge in [0.15, 0.2) is 0 Å². The molecule has 1 unspecified atom stereocenters. The minimum atomic E-state index is -4.11. The molecule has 240 valence electrons. The van der Waals surface area contributed by atoms with E-state index in [-0.39, 0.29) is 30.9 Å². The average Bonchev–Trinajstić information content (AvgIpc) is 3.06. The molecule has 2 amide bonds. The molecule has 2 N–H and O–H groups in total. The molecule has 0 aliphatic carbocycles. The topological polar surface area (TPSA) is 154 Å². The number of carbonyl (C=O) groups is 2. The van der Waals surface area contributed by atoms with Crippen LogP contribution in [-0.4, -0.2) is 43.2 Å². The number of alkyl carbamates (subject to hydrolysis) is 1. The maximum absolute atomic E-state index is 13.7. The number of benzene rings is 4. The standard InChI is InChI=1S/C34H35N3O8S/c38-33(32(24-27-12-6-2-7-13-27)36-34(39)44-25-28-14-8-3-9-15-28)35-29(17-16-26-10-4-1-5-11-26)22-23-46(42,43)45-31-20-18-30(19-21-31)37(40)41/h1-15,18-21,29,32H,16-17,22-25H2,(H,35,38)(H,36,39)/t29?,32-/m0/s1. The van der Waals surface area contributed by atoms with Crippen LogP contribution in [0.25, 0.3) is 0 Å². The Balaban J connectivity index is 1.45. The van der Waals surface area contributed by atoms with Crippen LogP contribution in [0.2, 0.25) is 0 Å². The first-order valence-electron chi connectivity index (χ1n) is 14.7. The van der Waals surface area contributed by atoms with Gasteiger partial charge in [-0.2, -0.15) is 8.42 Å². The maximum Gasteiger partial charge on any atom is 0.408 e. The molecule has 0 aliphatic heterocycles.